The van der Waals surface area contributed by atoms with Gasteiger partial charge in [0.25, 0.3) is 0 Å². The largest absolute Gasteiger partial charge is 0.439 e. The maximum absolute atomic E-state index is 11.0. The summed E-state index contributed by atoms with van der Waals surface area (Å²) in [5.41, 5.74) is 5.54. The molecule has 17 heavy (non-hydrogen) atoms. The van der Waals surface area contributed by atoms with Crippen molar-refractivity contribution in [2.75, 3.05) is 0 Å². The molecule has 1 amide bonds. The normalized spacial score (nSPS) is 9.94. The van der Waals surface area contributed by atoms with Gasteiger partial charge in [0.1, 0.15) is 5.75 Å². The number of benzene rings is 1. The lowest BCUT2D eigenvalue weighted by Crippen LogP contribution is -2.10. The Morgan fingerprint density at radius 3 is 2.82 bits per heavy atom. The molecule has 0 aliphatic carbocycles. The zero-order valence-electron chi connectivity index (χ0n) is 8.76. The van der Waals surface area contributed by atoms with Crippen molar-refractivity contribution in [1.29, 1.82) is 0 Å². The van der Waals surface area contributed by atoms with Gasteiger partial charge in [-0.1, -0.05) is 22.0 Å². The molecule has 0 saturated carbocycles. The number of rotatable bonds is 3. The van der Waals surface area contributed by atoms with E-state index in [0.29, 0.717) is 17.2 Å². The number of ether oxygens (including phenoxy) is 1. The first kappa shape index (κ1) is 11.6. The Morgan fingerprint density at radius 1 is 1.29 bits per heavy atom. The fourth-order valence-corrected chi connectivity index (χ4v) is 1.65. The van der Waals surface area contributed by atoms with E-state index in [1.807, 2.05) is 12.1 Å². The highest BCUT2D eigenvalue weighted by molar-refractivity contribution is 9.10. The number of pyridine rings is 1. The first-order valence-electron chi connectivity index (χ1n) is 4.84. The Bertz CT molecular complexity index is 558. The van der Waals surface area contributed by atoms with Gasteiger partial charge in [0.15, 0.2) is 0 Å². The van der Waals surface area contributed by atoms with Crippen LogP contribution in [0.5, 0.6) is 11.6 Å². The predicted molar refractivity (Wildman–Crippen MR) is 67.0 cm³/mol. The number of primary amides is 1. The average Bonchev–Trinajstić information content (AvgIpc) is 2.29. The summed E-state index contributed by atoms with van der Waals surface area (Å²) >= 11 is 3.34. The van der Waals surface area contributed by atoms with Crippen LogP contribution in [0.1, 0.15) is 10.4 Å². The number of halogens is 1. The van der Waals surface area contributed by atoms with Crippen molar-refractivity contribution in [2.24, 2.45) is 5.73 Å². The maximum atomic E-state index is 11.0. The highest BCUT2D eigenvalue weighted by Crippen LogP contribution is 2.23. The van der Waals surface area contributed by atoms with E-state index in [2.05, 4.69) is 20.9 Å². The third-order valence-electron chi connectivity index (χ3n) is 2.04. The molecule has 1 heterocycles. The quantitative estimate of drug-likeness (QED) is 0.946. The summed E-state index contributed by atoms with van der Waals surface area (Å²) in [6, 6.07) is 10.4. The fraction of sp³-hybridized carbons (Fsp3) is 0. The van der Waals surface area contributed by atoms with E-state index in [0.717, 1.165) is 4.47 Å². The second kappa shape index (κ2) is 4.97. The Morgan fingerprint density at radius 2 is 2.12 bits per heavy atom. The number of amides is 1. The minimum Gasteiger partial charge on any atom is -0.439 e. The zero-order chi connectivity index (χ0) is 12.3. The number of carbonyl (C=O) groups excluding carboxylic acids is 1. The summed E-state index contributed by atoms with van der Waals surface area (Å²) in [4.78, 5) is 15.0. The summed E-state index contributed by atoms with van der Waals surface area (Å²) < 4.78 is 6.40. The number of aromatic nitrogens is 1. The summed E-state index contributed by atoms with van der Waals surface area (Å²) in [5, 5.41) is 0. The van der Waals surface area contributed by atoms with E-state index in [4.69, 9.17) is 10.5 Å². The van der Waals surface area contributed by atoms with Crippen molar-refractivity contribution < 1.29 is 9.53 Å². The highest BCUT2D eigenvalue weighted by Gasteiger charge is 2.04. The first-order chi connectivity index (χ1) is 8.15. The molecule has 1 aromatic heterocycles. The van der Waals surface area contributed by atoms with Crippen LogP contribution in [0.25, 0.3) is 0 Å². The summed E-state index contributed by atoms with van der Waals surface area (Å²) in [6.07, 6.45) is 1.48. The lowest BCUT2D eigenvalue weighted by Gasteiger charge is -2.05. The molecule has 0 atom stereocenters. The number of hydrogen-bond acceptors (Lipinski definition) is 3. The van der Waals surface area contributed by atoms with Gasteiger partial charge in [0.05, 0.1) is 0 Å². The van der Waals surface area contributed by atoms with Gasteiger partial charge in [-0.2, -0.15) is 0 Å². The molecule has 0 fully saturated rings. The van der Waals surface area contributed by atoms with Crippen molar-refractivity contribution in [1.82, 2.24) is 4.98 Å². The smallest absolute Gasteiger partial charge is 0.248 e. The number of nitrogens with zero attached hydrogens (tertiary/aromatic N) is 1. The Hall–Kier alpha value is -1.88. The van der Waals surface area contributed by atoms with Crippen LogP contribution in [0.2, 0.25) is 0 Å². The van der Waals surface area contributed by atoms with Gasteiger partial charge >= 0.3 is 0 Å². The van der Waals surface area contributed by atoms with E-state index in [1.165, 1.54) is 18.3 Å². The van der Waals surface area contributed by atoms with Gasteiger partial charge in [-0.25, -0.2) is 4.98 Å². The van der Waals surface area contributed by atoms with E-state index in [9.17, 15) is 4.79 Å². The molecule has 0 unspecified atom stereocenters. The molecule has 2 rings (SSSR count). The van der Waals surface area contributed by atoms with Crippen molar-refractivity contribution >= 4 is 21.8 Å². The van der Waals surface area contributed by atoms with Gasteiger partial charge in [-0.3, -0.25) is 4.79 Å². The zero-order valence-corrected chi connectivity index (χ0v) is 10.3. The van der Waals surface area contributed by atoms with Crippen LogP contribution in [-0.2, 0) is 0 Å². The molecular formula is C12H9BrN2O2. The van der Waals surface area contributed by atoms with Crippen molar-refractivity contribution in [2.45, 2.75) is 0 Å². The predicted octanol–water partition coefficient (Wildman–Crippen LogP) is 2.74. The molecule has 0 saturated heterocycles. The molecule has 0 spiro atoms. The van der Waals surface area contributed by atoms with Gasteiger partial charge in [-0.15, -0.1) is 0 Å². The topological polar surface area (TPSA) is 65.2 Å². The molecule has 86 valence electrons. The Kier molecular flexibility index (Phi) is 3.39. The molecular weight excluding hydrogens is 284 g/mol. The monoisotopic (exact) mass is 292 g/mol. The summed E-state index contributed by atoms with van der Waals surface area (Å²) in [6.45, 7) is 0. The minimum absolute atomic E-state index is 0.333. The molecule has 0 radical (unpaired) electrons. The third-order valence-corrected chi connectivity index (χ3v) is 2.53. The van der Waals surface area contributed by atoms with E-state index in [1.54, 1.807) is 12.1 Å². The highest BCUT2D eigenvalue weighted by atomic mass is 79.9. The molecule has 0 aliphatic rings. The SMILES string of the molecule is NC(=O)c1ccnc(Oc2cccc(Br)c2)c1. The van der Waals surface area contributed by atoms with Crippen LogP contribution in [-0.4, -0.2) is 10.9 Å². The van der Waals surface area contributed by atoms with Gasteiger partial charge in [0, 0.05) is 22.3 Å². The van der Waals surface area contributed by atoms with Crippen LogP contribution in [0, 0.1) is 0 Å². The van der Waals surface area contributed by atoms with Gasteiger partial charge < -0.3 is 10.5 Å². The van der Waals surface area contributed by atoms with Crippen LogP contribution in [0.15, 0.2) is 47.1 Å². The lowest BCUT2D eigenvalue weighted by atomic mass is 10.2. The standard InChI is InChI=1S/C12H9BrN2O2/c13-9-2-1-3-10(7-9)17-11-6-8(12(14)16)4-5-15-11/h1-7H,(H2,14,16). The maximum Gasteiger partial charge on any atom is 0.248 e. The molecule has 4 nitrogen and oxygen atoms in total. The first-order valence-corrected chi connectivity index (χ1v) is 5.64. The molecule has 5 heteroatoms. The third kappa shape index (κ3) is 3.04. The average molecular weight is 293 g/mol. The molecule has 0 aliphatic heterocycles. The Labute approximate surface area is 107 Å². The van der Waals surface area contributed by atoms with Crippen molar-refractivity contribution in [3.05, 3.63) is 52.6 Å². The van der Waals surface area contributed by atoms with Crippen LogP contribution >= 0.6 is 15.9 Å². The van der Waals surface area contributed by atoms with E-state index < -0.39 is 5.91 Å². The van der Waals surface area contributed by atoms with E-state index >= 15 is 0 Å². The molecule has 2 N–H and O–H groups in total. The van der Waals surface area contributed by atoms with E-state index in [-0.39, 0.29) is 0 Å². The van der Waals surface area contributed by atoms with Crippen molar-refractivity contribution in [3.63, 3.8) is 0 Å². The minimum atomic E-state index is -0.508. The second-order valence-electron chi connectivity index (χ2n) is 3.31. The lowest BCUT2D eigenvalue weighted by molar-refractivity contribution is 0.1000. The number of carbonyl (C=O) groups is 1. The van der Waals surface area contributed by atoms with Crippen LogP contribution in [0.3, 0.4) is 0 Å². The second-order valence-corrected chi connectivity index (χ2v) is 4.22. The van der Waals surface area contributed by atoms with Gasteiger partial charge in [-0.05, 0) is 24.3 Å². The van der Waals surface area contributed by atoms with Crippen LogP contribution < -0.4 is 10.5 Å². The van der Waals surface area contributed by atoms with Gasteiger partial charge in [0.2, 0.25) is 11.8 Å². The van der Waals surface area contributed by atoms with Crippen LogP contribution in [0.4, 0.5) is 0 Å². The summed E-state index contributed by atoms with van der Waals surface area (Å²) in [5.74, 6) is 0.458. The summed E-state index contributed by atoms with van der Waals surface area (Å²) in [7, 11) is 0. The Balaban J connectivity index is 2.24. The fourth-order valence-electron chi connectivity index (χ4n) is 1.27. The number of hydrogen-bond donors (Lipinski definition) is 1. The molecule has 1 aromatic carbocycles. The molecule has 2 aromatic rings. The van der Waals surface area contributed by atoms with Crippen molar-refractivity contribution in [3.8, 4) is 11.6 Å². The molecule has 0 bridgehead atoms. The number of nitrogens with two attached hydrogens (primary N) is 1.